The Morgan fingerprint density at radius 1 is 1.35 bits per heavy atom. The van der Waals surface area contributed by atoms with Gasteiger partial charge in [0.1, 0.15) is 4.90 Å². The second kappa shape index (κ2) is 9.45. The predicted octanol–water partition coefficient (Wildman–Crippen LogP) is 3.27. The zero-order valence-corrected chi connectivity index (χ0v) is 18.5. The second-order valence-electron chi connectivity index (χ2n) is 6.74. The molecule has 1 saturated heterocycles. The number of hydrogen-bond acceptors (Lipinski definition) is 9. The first-order chi connectivity index (χ1) is 14.9. The lowest BCUT2D eigenvalue weighted by Gasteiger charge is -2.13. The van der Waals surface area contributed by atoms with Gasteiger partial charge in [-0.1, -0.05) is 16.8 Å². The van der Waals surface area contributed by atoms with E-state index in [0.717, 1.165) is 18.4 Å². The van der Waals surface area contributed by atoms with Crippen molar-refractivity contribution < 1.29 is 27.2 Å². The lowest BCUT2D eigenvalue weighted by Crippen LogP contribution is -2.32. The molecule has 1 N–H and O–H groups in total. The number of sulfonamides is 1. The summed E-state index contributed by atoms with van der Waals surface area (Å²) in [5.41, 5.74) is 0.807. The van der Waals surface area contributed by atoms with E-state index < -0.39 is 16.0 Å². The van der Waals surface area contributed by atoms with Crippen molar-refractivity contribution in [1.82, 2.24) is 14.9 Å². The van der Waals surface area contributed by atoms with Crippen molar-refractivity contribution in [3.8, 4) is 11.5 Å². The van der Waals surface area contributed by atoms with Gasteiger partial charge in [0.05, 0.1) is 22.3 Å². The highest BCUT2D eigenvalue weighted by Crippen LogP contribution is 2.24. The summed E-state index contributed by atoms with van der Waals surface area (Å²) in [6, 6.07) is 5.73. The maximum Gasteiger partial charge on any atom is 0.338 e. The Morgan fingerprint density at radius 3 is 2.97 bits per heavy atom. The van der Waals surface area contributed by atoms with Gasteiger partial charge in [-0.25, -0.2) is 17.9 Å². The molecule has 1 aliphatic heterocycles. The molecular weight excluding hydrogens is 466 g/mol. The maximum absolute atomic E-state index is 12.6. The van der Waals surface area contributed by atoms with Gasteiger partial charge in [0.2, 0.25) is 15.8 Å². The lowest BCUT2D eigenvalue weighted by atomic mass is 10.2. The Bertz CT molecular complexity index is 1160. The van der Waals surface area contributed by atoms with Gasteiger partial charge in [0.25, 0.3) is 5.89 Å². The molecule has 2 aromatic heterocycles. The predicted molar refractivity (Wildman–Crippen MR) is 112 cm³/mol. The molecule has 0 saturated carbocycles. The Hall–Kier alpha value is -2.31. The van der Waals surface area contributed by atoms with Gasteiger partial charge in [-0.15, -0.1) is 0 Å². The number of esters is 1. The fourth-order valence-electron chi connectivity index (χ4n) is 2.95. The van der Waals surface area contributed by atoms with E-state index in [9.17, 15) is 13.2 Å². The summed E-state index contributed by atoms with van der Waals surface area (Å²) >= 11 is 7.56. The number of carbonyl (C=O) groups is 1. The summed E-state index contributed by atoms with van der Waals surface area (Å²) in [6.45, 7) is 0.523. The van der Waals surface area contributed by atoms with E-state index in [1.165, 1.54) is 29.5 Å². The van der Waals surface area contributed by atoms with E-state index >= 15 is 0 Å². The van der Waals surface area contributed by atoms with Crippen molar-refractivity contribution in [3.63, 3.8) is 0 Å². The van der Waals surface area contributed by atoms with Gasteiger partial charge in [-0.05, 0) is 42.5 Å². The average molecular weight is 484 g/mol. The van der Waals surface area contributed by atoms with Crippen LogP contribution in [-0.2, 0) is 26.1 Å². The number of thiophene rings is 1. The molecule has 9 nitrogen and oxygen atoms in total. The van der Waals surface area contributed by atoms with Crippen LogP contribution in [0.15, 0.2) is 44.4 Å². The molecule has 0 amide bonds. The van der Waals surface area contributed by atoms with Crippen molar-refractivity contribution in [2.24, 2.45) is 0 Å². The number of nitrogens with zero attached hydrogens (tertiary/aromatic N) is 2. The van der Waals surface area contributed by atoms with Crippen LogP contribution in [0.4, 0.5) is 0 Å². The smallest absolute Gasteiger partial charge is 0.338 e. The van der Waals surface area contributed by atoms with E-state index in [0.29, 0.717) is 12.5 Å². The molecule has 4 rings (SSSR count). The van der Waals surface area contributed by atoms with E-state index in [1.807, 2.05) is 16.8 Å². The van der Waals surface area contributed by atoms with Crippen LogP contribution in [0, 0.1) is 0 Å². The monoisotopic (exact) mass is 483 g/mol. The number of ether oxygens (including phenoxy) is 2. The van der Waals surface area contributed by atoms with Crippen molar-refractivity contribution in [3.05, 3.63) is 51.4 Å². The summed E-state index contributed by atoms with van der Waals surface area (Å²) < 4.78 is 43.5. The third-order valence-corrected chi connectivity index (χ3v) is 7.14. The molecule has 1 unspecified atom stereocenters. The molecule has 1 atom stereocenters. The van der Waals surface area contributed by atoms with Crippen molar-refractivity contribution >= 4 is 38.9 Å². The van der Waals surface area contributed by atoms with Crippen LogP contribution in [0.3, 0.4) is 0 Å². The van der Waals surface area contributed by atoms with Crippen molar-refractivity contribution in [2.45, 2.75) is 30.4 Å². The average Bonchev–Trinajstić information content (AvgIpc) is 3.53. The summed E-state index contributed by atoms with van der Waals surface area (Å²) in [7, 11) is -3.93. The van der Waals surface area contributed by atoms with Gasteiger partial charge < -0.3 is 14.0 Å². The number of carbonyl (C=O) groups excluding carboxylic acids is 1. The molecule has 1 aromatic carbocycles. The maximum atomic E-state index is 12.6. The number of halogens is 1. The fraction of sp³-hybridized carbons (Fsp3) is 0.316. The molecule has 0 spiro atoms. The molecule has 0 radical (unpaired) electrons. The number of nitrogens with one attached hydrogen (secondary N) is 1. The first-order valence-electron chi connectivity index (χ1n) is 9.35. The van der Waals surface area contributed by atoms with Crippen LogP contribution in [-0.4, -0.2) is 43.8 Å². The van der Waals surface area contributed by atoms with Crippen LogP contribution in [0.2, 0.25) is 5.02 Å². The van der Waals surface area contributed by atoms with Gasteiger partial charge in [0.15, 0.2) is 6.61 Å². The normalized spacial score (nSPS) is 16.5. The van der Waals surface area contributed by atoms with Crippen LogP contribution >= 0.6 is 22.9 Å². The van der Waals surface area contributed by atoms with E-state index in [-0.39, 0.29) is 40.6 Å². The topological polar surface area (TPSA) is 121 Å². The molecule has 3 heterocycles. The van der Waals surface area contributed by atoms with Gasteiger partial charge >= 0.3 is 5.97 Å². The standard InChI is InChI=1S/C19H18ClN3O6S2/c20-15-4-3-12(8-16(15)31(25,26)21-9-14-2-1-6-27-14)19(24)28-10-17-22-18(29-23-17)13-5-7-30-11-13/h3-5,7-8,11,14,21H,1-2,6,9-10H2. The van der Waals surface area contributed by atoms with Crippen LogP contribution in [0.25, 0.3) is 11.5 Å². The minimum absolute atomic E-state index is 0.00466. The first-order valence-corrected chi connectivity index (χ1v) is 12.2. The number of hydrogen-bond donors (Lipinski definition) is 1. The highest BCUT2D eigenvalue weighted by atomic mass is 35.5. The lowest BCUT2D eigenvalue weighted by molar-refractivity contribution is 0.0459. The van der Waals surface area contributed by atoms with E-state index in [1.54, 1.807) is 0 Å². The summed E-state index contributed by atoms with van der Waals surface area (Å²) in [6.07, 6.45) is 1.51. The van der Waals surface area contributed by atoms with Gasteiger partial charge in [0, 0.05) is 18.5 Å². The molecule has 0 bridgehead atoms. The number of rotatable bonds is 8. The summed E-state index contributed by atoms with van der Waals surface area (Å²) in [5, 5.41) is 7.50. The molecule has 12 heteroatoms. The van der Waals surface area contributed by atoms with Crippen LogP contribution in [0.5, 0.6) is 0 Å². The molecular formula is C19H18ClN3O6S2. The Labute approximate surface area is 187 Å². The molecule has 31 heavy (non-hydrogen) atoms. The Morgan fingerprint density at radius 2 is 2.23 bits per heavy atom. The van der Waals surface area contributed by atoms with Crippen LogP contribution in [0.1, 0.15) is 29.0 Å². The Kier molecular flexibility index (Phi) is 6.68. The molecule has 0 aliphatic carbocycles. The molecule has 1 fully saturated rings. The van der Waals surface area contributed by atoms with Crippen LogP contribution < -0.4 is 4.72 Å². The second-order valence-corrected chi connectivity index (χ2v) is 9.66. The largest absolute Gasteiger partial charge is 0.454 e. The first kappa shape index (κ1) is 21.9. The number of benzene rings is 1. The highest BCUT2D eigenvalue weighted by molar-refractivity contribution is 7.89. The summed E-state index contributed by atoms with van der Waals surface area (Å²) in [4.78, 5) is 16.4. The van der Waals surface area contributed by atoms with E-state index in [2.05, 4.69) is 14.9 Å². The minimum atomic E-state index is -3.93. The third kappa shape index (κ3) is 5.31. The molecule has 3 aromatic rings. The SMILES string of the molecule is O=C(OCc1noc(-c2ccsc2)n1)c1ccc(Cl)c(S(=O)(=O)NCC2CCCO2)c1. The van der Waals surface area contributed by atoms with Gasteiger partial charge in [-0.3, -0.25) is 0 Å². The van der Waals surface area contributed by atoms with E-state index in [4.69, 9.17) is 25.6 Å². The minimum Gasteiger partial charge on any atom is -0.454 e. The summed E-state index contributed by atoms with van der Waals surface area (Å²) in [5.74, 6) is -0.229. The number of aromatic nitrogens is 2. The zero-order chi connectivity index (χ0) is 21.8. The van der Waals surface area contributed by atoms with Gasteiger partial charge in [-0.2, -0.15) is 16.3 Å². The fourth-order valence-corrected chi connectivity index (χ4v) is 5.17. The highest BCUT2D eigenvalue weighted by Gasteiger charge is 2.24. The van der Waals surface area contributed by atoms with Crippen molar-refractivity contribution in [2.75, 3.05) is 13.2 Å². The molecule has 164 valence electrons. The Balaban J connectivity index is 1.41. The molecule has 1 aliphatic rings. The quantitative estimate of drug-likeness (QED) is 0.484. The van der Waals surface area contributed by atoms with Crippen molar-refractivity contribution in [1.29, 1.82) is 0 Å². The zero-order valence-electron chi connectivity index (χ0n) is 16.1. The third-order valence-electron chi connectivity index (χ3n) is 4.55.